The van der Waals surface area contributed by atoms with E-state index < -0.39 is 92.7 Å². The number of furan rings is 1. The van der Waals surface area contributed by atoms with Crippen molar-refractivity contribution in [2.45, 2.75) is 183 Å². The molecule has 16 aliphatic rings. The Morgan fingerprint density at radius 3 is 2.63 bits per heavy atom. The molecule has 13 heteroatoms. The summed E-state index contributed by atoms with van der Waals surface area (Å²) < 4.78 is 37.0. The lowest BCUT2D eigenvalue weighted by Crippen LogP contribution is -2.83. The number of fused-ring (bicyclic) bond motifs is 6. The smallest absolute Gasteiger partial charge is 0.339 e. The molecule has 82 heavy (non-hydrogen) atoms. The maximum Gasteiger partial charge on any atom is 0.339 e. The molecule has 13 nitrogen and oxygen atoms in total. The van der Waals surface area contributed by atoms with Crippen molar-refractivity contribution in [2.24, 2.45) is 98.1 Å². The summed E-state index contributed by atoms with van der Waals surface area (Å²) in [5.74, 6) is 5.74. The van der Waals surface area contributed by atoms with E-state index in [1.165, 1.54) is 11.1 Å². The van der Waals surface area contributed by atoms with Gasteiger partial charge in [0.05, 0.1) is 54.9 Å². The number of rotatable bonds is 8. The van der Waals surface area contributed by atoms with Crippen LogP contribution in [0.5, 0.6) is 0 Å². The van der Waals surface area contributed by atoms with Crippen molar-refractivity contribution in [1.82, 2.24) is 10.2 Å². The number of hydrogen-bond donors (Lipinski definition) is 4. The van der Waals surface area contributed by atoms with Crippen LogP contribution in [0.3, 0.4) is 0 Å². The number of epoxide rings is 1. The molecule has 1 aromatic heterocycles. The molecule has 434 valence electrons. The van der Waals surface area contributed by atoms with E-state index in [1.54, 1.807) is 6.26 Å². The summed E-state index contributed by atoms with van der Waals surface area (Å²) in [7, 11) is 0. The minimum Gasteiger partial charge on any atom is -0.469 e. The van der Waals surface area contributed by atoms with Gasteiger partial charge in [-0.15, -0.1) is 0 Å². The second kappa shape index (κ2) is 16.6. The van der Waals surface area contributed by atoms with Crippen molar-refractivity contribution in [3.8, 4) is 11.8 Å². The first-order valence-electron chi connectivity index (χ1n) is 32.4. The molecule has 13 fully saturated rings. The van der Waals surface area contributed by atoms with E-state index in [4.69, 9.17) is 23.4 Å². The van der Waals surface area contributed by atoms with Gasteiger partial charge >= 0.3 is 11.9 Å². The molecule has 8 heterocycles. The highest BCUT2D eigenvalue weighted by atomic mass is 16.7. The van der Waals surface area contributed by atoms with E-state index in [9.17, 15) is 15.3 Å². The number of nitrogens with zero attached hydrogens (tertiary/aromatic N) is 1. The van der Waals surface area contributed by atoms with Crippen molar-refractivity contribution >= 4 is 17.7 Å². The van der Waals surface area contributed by atoms with E-state index in [0.717, 1.165) is 103 Å². The fraction of sp³-hybridized carbons (Fsp3) is 0.725. The Hall–Kier alpha value is -4.29. The standard InChI is InChI=1S/C69H82N2O11/c1-61-23-16-45-30-44-17-24-63(20-6-7-21-63)64(44)33-43-32-62(2)66(48-19-26-78-52(48)31-47(51(73)35-72)41-14-15-46-42(29-41)18-25-71-37-70-34-50(46)71)22-8-11-40-13-12-39(27-38-9-4-3-5-10-38)28-49(40)67(69(62)58(80-69)60(77)81-66)54(43)65(55(61)53(74)57(67)75)36-79-59(76)56(64)68(45,65)82-61/h3-5,9-10,16,18-19,25-26,39-44,46-47,49-51,54-58,70,72-73,75H,6-7,12-15,17,20-24,27-37H2,1-2H3/t39-,40-,41+,42+,43+,44+,46-,47-,49-,50+,51+,54+,55+,56-,57+,58+,61-,62-,64+,65+,66-,67-,68-,69+/m0/s1. The topological polar surface area (TPSA) is 181 Å². The number of aliphatic hydroxyl groups excluding tert-OH is 3. The summed E-state index contributed by atoms with van der Waals surface area (Å²) in [5, 5.41) is 41.3. The van der Waals surface area contributed by atoms with Crippen LogP contribution in [0.25, 0.3) is 0 Å². The Morgan fingerprint density at radius 1 is 0.939 bits per heavy atom. The number of hydrogen-bond acceptors (Lipinski definition) is 13. The summed E-state index contributed by atoms with van der Waals surface area (Å²) in [6, 6.07) is 13.1. The zero-order valence-corrected chi connectivity index (χ0v) is 47.8. The highest BCUT2D eigenvalue weighted by Crippen LogP contribution is 2.92. The molecule has 18 rings (SSSR count). The fourth-order valence-electron chi connectivity index (χ4n) is 26.4. The maximum absolute atomic E-state index is 17.1. The first-order valence-corrected chi connectivity index (χ1v) is 32.4. The fourth-order valence-corrected chi connectivity index (χ4v) is 26.4. The Balaban J connectivity index is 0.867. The lowest BCUT2D eigenvalue weighted by Gasteiger charge is -2.74. The van der Waals surface area contributed by atoms with Crippen LogP contribution in [-0.4, -0.2) is 106 Å². The third-order valence-corrected chi connectivity index (χ3v) is 28.6. The van der Waals surface area contributed by atoms with Gasteiger partial charge in [0.2, 0.25) is 0 Å². The molecule has 6 spiro atoms. The third kappa shape index (κ3) is 5.56. The molecule has 0 amide bonds. The molecular weight excluding hydrogens is 1030 g/mol. The van der Waals surface area contributed by atoms with Crippen LogP contribution in [0.4, 0.5) is 0 Å². The third-order valence-electron chi connectivity index (χ3n) is 28.6. The summed E-state index contributed by atoms with van der Waals surface area (Å²) >= 11 is 0. The zero-order chi connectivity index (χ0) is 55.3. The average molecular weight is 1120 g/mol. The number of allylic oxidation sites excluding steroid dienone is 1. The molecular formula is C69H82N2O11. The molecule has 0 radical (unpaired) electrons. The van der Waals surface area contributed by atoms with Gasteiger partial charge in [-0.2, -0.15) is 0 Å². The largest absolute Gasteiger partial charge is 0.469 e. The first-order chi connectivity index (χ1) is 39.7. The van der Waals surface area contributed by atoms with Crippen LogP contribution in [0.2, 0.25) is 0 Å². The molecule has 4 N–H and O–H groups in total. The number of carbonyl (C=O) groups excluding carboxylic acids is 3. The second-order valence-electron chi connectivity index (χ2n) is 30.7. The van der Waals surface area contributed by atoms with E-state index in [-0.39, 0.29) is 71.6 Å². The Labute approximate surface area is 481 Å². The second-order valence-corrected chi connectivity index (χ2v) is 30.7. The summed E-state index contributed by atoms with van der Waals surface area (Å²) in [5.41, 5.74) is -6.17. The van der Waals surface area contributed by atoms with Crippen LogP contribution in [0.15, 0.2) is 71.0 Å². The number of aliphatic hydroxyl groups is 3. The van der Waals surface area contributed by atoms with Gasteiger partial charge in [-0.25, -0.2) is 4.79 Å². The molecule has 0 unspecified atom stereocenters. The lowest BCUT2D eigenvalue weighted by molar-refractivity contribution is -0.315. The molecule has 7 aliphatic heterocycles. The van der Waals surface area contributed by atoms with Gasteiger partial charge in [-0.05, 0) is 191 Å². The van der Waals surface area contributed by atoms with Gasteiger partial charge in [0.15, 0.2) is 17.5 Å². The molecule has 5 saturated heterocycles. The van der Waals surface area contributed by atoms with Gasteiger partial charge in [-0.3, -0.25) is 14.9 Å². The van der Waals surface area contributed by atoms with Crippen molar-refractivity contribution in [2.75, 3.05) is 26.4 Å². The van der Waals surface area contributed by atoms with Gasteiger partial charge in [0, 0.05) is 41.3 Å². The summed E-state index contributed by atoms with van der Waals surface area (Å²) in [4.78, 5) is 51.4. The van der Waals surface area contributed by atoms with E-state index in [0.29, 0.717) is 54.9 Å². The normalized spacial score (nSPS) is 51.9. The van der Waals surface area contributed by atoms with Crippen molar-refractivity contribution in [3.05, 3.63) is 83.5 Å². The maximum atomic E-state index is 17.1. The highest BCUT2D eigenvalue weighted by Gasteiger charge is 3.00. The van der Waals surface area contributed by atoms with Crippen LogP contribution in [0, 0.1) is 110 Å². The van der Waals surface area contributed by atoms with Gasteiger partial charge in [0.1, 0.15) is 29.7 Å². The molecule has 1 aromatic carbocycles. The lowest BCUT2D eigenvalue weighted by atomic mass is 9.28. The minimum absolute atomic E-state index is 0.0213. The number of Topliss-reactive ketones (excluding diaryl/α,β-unsaturated/α-hetero) is 1. The number of cyclic esters (lactones) is 1. The molecule has 8 saturated carbocycles. The van der Waals surface area contributed by atoms with Crippen molar-refractivity contribution in [3.63, 3.8) is 0 Å². The molecule has 2 aromatic rings. The Kier molecular flexibility index (Phi) is 10.3. The molecule has 24 atom stereocenters. The summed E-state index contributed by atoms with van der Waals surface area (Å²) in [6.07, 6.45) is 20.5. The van der Waals surface area contributed by atoms with Gasteiger partial charge < -0.3 is 43.6 Å². The highest BCUT2D eigenvalue weighted by molar-refractivity contribution is 5.94. The number of esters is 2. The van der Waals surface area contributed by atoms with Crippen LogP contribution in [-0.2, 0) is 51.8 Å². The number of ketones is 1. The SMILES string of the molecule is C[C@]12C[C@@H]3C[C@]45[C@H](CCC46CCCC6)CC4=CC[C@]6(C)O[C@]47[C@H]5C(=O)OC[C@]74[C@@H]3[C@]3([C@H](O)C(=O)[C@@H]46)[C@H]4C[C@H](Cc5ccccc5)CC[C@@H]4C#CC[C@@]1(c1ccoc1C[C@@H]([C@@H]1CC[C@H]4[C@H](C=CN5CNC[C@H]45)C1)[C@H](O)CO)OC(=O)[C@H]1O[C@@]132. The minimum atomic E-state index is -1.55. The quantitative estimate of drug-likeness (QED) is 0.0863. The Morgan fingerprint density at radius 2 is 1.79 bits per heavy atom. The number of benzene rings is 1. The van der Waals surface area contributed by atoms with E-state index in [1.807, 2.05) is 6.07 Å². The van der Waals surface area contributed by atoms with E-state index in [2.05, 4.69) is 84.6 Å². The van der Waals surface area contributed by atoms with Gasteiger partial charge in [0.25, 0.3) is 0 Å². The molecule has 9 aliphatic carbocycles. The predicted octanol–water partition coefficient (Wildman–Crippen LogP) is 8.12. The summed E-state index contributed by atoms with van der Waals surface area (Å²) in [6.45, 7) is 5.85. The first kappa shape index (κ1) is 51.0. The van der Waals surface area contributed by atoms with E-state index >= 15 is 14.4 Å². The molecule has 9 bridgehead atoms. The van der Waals surface area contributed by atoms with Crippen LogP contribution in [0.1, 0.15) is 140 Å². The monoisotopic (exact) mass is 1110 g/mol. The number of carbonyl (C=O) groups is 3. The van der Waals surface area contributed by atoms with Crippen LogP contribution < -0.4 is 5.32 Å². The average Bonchev–Trinajstić information content (AvgIpc) is 1.53. The number of ether oxygens (including phenoxy) is 4. The van der Waals surface area contributed by atoms with Gasteiger partial charge in [-0.1, -0.05) is 74.1 Å². The predicted molar refractivity (Wildman–Crippen MR) is 297 cm³/mol. The Bertz CT molecular complexity index is 3230. The van der Waals surface area contributed by atoms with Crippen molar-refractivity contribution in [1.29, 1.82) is 0 Å². The zero-order valence-electron chi connectivity index (χ0n) is 47.8. The van der Waals surface area contributed by atoms with Crippen molar-refractivity contribution < 1.29 is 53.1 Å². The number of nitrogens with one attached hydrogen (secondary N) is 1. The van der Waals surface area contributed by atoms with Crippen LogP contribution >= 0.6 is 0 Å².